The number of carbonyl (C=O) groups is 2. The monoisotopic (exact) mass is 1040 g/mol. The van der Waals surface area contributed by atoms with Gasteiger partial charge in [0.15, 0.2) is 11.6 Å². The van der Waals surface area contributed by atoms with Gasteiger partial charge < -0.3 is 5.11 Å². The Hall–Kier alpha value is -5.50. The van der Waals surface area contributed by atoms with Gasteiger partial charge in [-0.25, -0.2) is 12.6 Å². The summed E-state index contributed by atoms with van der Waals surface area (Å²) in [4.78, 5) is 45.8. The highest BCUT2D eigenvalue weighted by Crippen LogP contribution is 2.51. The first-order valence-corrected chi connectivity index (χ1v) is 23.8. The first-order valence-electron chi connectivity index (χ1n) is 19.3. The number of carbonyl (C=O) groups excluding carboxylic acids is 2. The minimum atomic E-state index is -6.02. The zero-order valence-electron chi connectivity index (χ0n) is 36.7. The largest absolute Gasteiger partial charge is 0.430 e. The molecule has 0 aliphatic carbocycles. The van der Waals surface area contributed by atoms with Crippen LogP contribution in [0.15, 0.2) is 72.8 Å². The van der Waals surface area contributed by atoms with Crippen LogP contribution in [0.2, 0.25) is 0 Å². The molecule has 68 heavy (non-hydrogen) atoms. The van der Waals surface area contributed by atoms with E-state index in [2.05, 4.69) is 14.9 Å². The Morgan fingerprint density at radius 1 is 0.647 bits per heavy atom. The molecule has 0 aromatic heterocycles. The molecular formula is C42H42ClF9N2O12S2. The normalized spacial score (nSPS) is 13.3. The lowest BCUT2D eigenvalue weighted by molar-refractivity contribution is -0.385. The molecule has 4 aromatic rings. The zero-order valence-corrected chi connectivity index (χ0v) is 39.1. The Morgan fingerprint density at radius 2 is 0.985 bits per heavy atom. The van der Waals surface area contributed by atoms with E-state index in [0.717, 1.165) is 24.5 Å². The molecule has 1 unspecified atom stereocenters. The number of hydrogen-bond acceptors (Lipinski definition) is 12. The van der Waals surface area contributed by atoms with Gasteiger partial charge in [0.25, 0.3) is 27.1 Å². The Labute approximate surface area is 387 Å². The number of nitro benzene ring substituents is 2. The number of ketones is 2. The molecule has 0 amide bonds. The average molecular weight is 1040 g/mol. The van der Waals surface area contributed by atoms with E-state index in [1.54, 1.807) is 6.92 Å². The van der Waals surface area contributed by atoms with E-state index in [-0.39, 0.29) is 58.5 Å². The van der Waals surface area contributed by atoms with Crippen molar-refractivity contribution in [3.63, 3.8) is 0 Å². The number of aliphatic hydroxyl groups is 1. The van der Waals surface area contributed by atoms with Crippen molar-refractivity contribution in [2.24, 2.45) is 0 Å². The van der Waals surface area contributed by atoms with Crippen LogP contribution >= 0.6 is 10.7 Å². The minimum Gasteiger partial charge on any atom is -0.369 e. The number of non-ortho nitro benzene ring substituents is 2. The van der Waals surface area contributed by atoms with Crippen molar-refractivity contribution in [2.45, 2.75) is 90.0 Å². The number of Topliss-reactive ketones (excluding diaryl/α,β-unsaturated/α-hetero) is 2. The maximum absolute atomic E-state index is 13.8. The van der Waals surface area contributed by atoms with Crippen molar-refractivity contribution in [3.05, 3.63) is 149 Å². The highest BCUT2D eigenvalue weighted by molar-refractivity contribution is 8.13. The first kappa shape index (κ1) is 58.6. The number of nitrogens with zero attached hydrogens (tertiary/aromatic N) is 2. The summed E-state index contributed by atoms with van der Waals surface area (Å²) in [7, 11) is -3.14. The van der Waals surface area contributed by atoms with E-state index < -0.39 is 87.9 Å². The fourth-order valence-electron chi connectivity index (χ4n) is 6.56. The van der Waals surface area contributed by atoms with Crippen molar-refractivity contribution in [3.8, 4) is 0 Å². The van der Waals surface area contributed by atoms with E-state index in [4.69, 9.17) is 0 Å². The third-order valence-corrected chi connectivity index (χ3v) is 10.6. The van der Waals surface area contributed by atoms with Gasteiger partial charge in [0.1, 0.15) is 0 Å². The van der Waals surface area contributed by atoms with Crippen LogP contribution in [0.3, 0.4) is 0 Å². The second kappa shape index (κ2) is 21.9. The molecule has 0 saturated carbocycles. The van der Waals surface area contributed by atoms with Crippen molar-refractivity contribution in [1.82, 2.24) is 0 Å². The average Bonchev–Trinajstić information content (AvgIpc) is 3.19. The second-order valence-corrected chi connectivity index (χ2v) is 19.7. The van der Waals surface area contributed by atoms with Gasteiger partial charge in [-0.3, -0.25) is 29.8 Å². The molecule has 4 aromatic carbocycles. The quantitative estimate of drug-likeness (QED) is 0.0312. The van der Waals surface area contributed by atoms with Gasteiger partial charge in [-0.05, 0) is 72.6 Å². The van der Waals surface area contributed by atoms with Crippen molar-refractivity contribution in [1.29, 1.82) is 0 Å². The molecule has 0 saturated heterocycles. The Balaban J connectivity index is 0.000000424. The standard InChI is InChI=1S/C21H22F3NO6S.C20H17F6NO4.CH3ClO2S/c1-5-14-10-16(20(3,21(22,23)24)31-32(4,29)30)9-13(2)18(14)12-19(26)15-7-6-8-17(11-15)25(27)28;1-3-12-8-14(18(29,19(21,22)23)20(24,25)26)7-11(2)16(12)10-17(28)13-5-4-6-15(9-13)27(30)31;1-5(2,3)4/h6-11H,5,12H2,1-4H3;4-9,29H,3,10H2,1-2H3;1H3. The van der Waals surface area contributed by atoms with Gasteiger partial charge in [0.05, 0.1) is 22.4 Å². The molecule has 1 N–H and O–H groups in total. The summed E-state index contributed by atoms with van der Waals surface area (Å²) >= 11 is 0. The molecular weight excluding hydrogens is 995 g/mol. The third-order valence-electron chi connectivity index (χ3n) is 9.97. The molecule has 374 valence electrons. The molecule has 0 aliphatic rings. The third kappa shape index (κ3) is 15.0. The van der Waals surface area contributed by atoms with E-state index in [1.807, 2.05) is 0 Å². The number of rotatable bonds is 14. The number of hydrogen-bond donors (Lipinski definition) is 1. The summed E-state index contributed by atoms with van der Waals surface area (Å²) in [6.45, 7) is 6.53. The van der Waals surface area contributed by atoms with Crippen LogP contribution in [0.25, 0.3) is 0 Å². The van der Waals surface area contributed by atoms with Gasteiger partial charge in [-0.15, -0.1) is 0 Å². The van der Waals surface area contributed by atoms with Crippen LogP contribution < -0.4 is 0 Å². The van der Waals surface area contributed by atoms with E-state index in [0.29, 0.717) is 42.0 Å². The van der Waals surface area contributed by atoms with Crippen LogP contribution in [0.5, 0.6) is 0 Å². The van der Waals surface area contributed by atoms with Gasteiger partial charge in [0.2, 0.25) is 14.7 Å². The number of benzene rings is 4. The fourth-order valence-corrected chi connectivity index (χ4v) is 7.36. The number of aryl methyl sites for hydroxylation is 4. The van der Waals surface area contributed by atoms with Crippen LogP contribution in [0, 0.1) is 34.1 Å². The van der Waals surface area contributed by atoms with Gasteiger partial charge >= 0.3 is 18.5 Å². The molecule has 4 rings (SSSR count). The summed E-state index contributed by atoms with van der Waals surface area (Å²) in [5.41, 5.74) is -9.14. The van der Waals surface area contributed by atoms with Crippen molar-refractivity contribution < 1.29 is 85.1 Å². The Kier molecular flexibility index (Phi) is 18.8. The van der Waals surface area contributed by atoms with Crippen LogP contribution in [0.4, 0.5) is 50.9 Å². The van der Waals surface area contributed by atoms with Gasteiger partial charge in [-0.1, -0.05) is 62.4 Å². The van der Waals surface area contributed by atoms with Crippen molar-refractivity contribution >= 4 is 52.8 Å². The summed E-state index contributed by atoms with van der Waals surface area (Å²) in [6, 6.07) is 13.4. The Morgan fingerprint density at radius 3 is 1.28 bits per heavy atom. The molecule has 0 fully saturated rings. The molecule has 0 spiro atoms. The molecule has 0 bridgehead atoms. The maximum atomic E-state index is 13.8. The predicted molar refractivity (Wildman–Crippen MR) is 229 cm³/mol. The van der Waals surface area contributed by atoms with Crippen LogP contribution in [-0.2, 0) is 60.2 Å². The van der Waals surface area contributed by atoms with E-state index in [1.165, 1.54) is 63.2 Å². The molecule has 0 radical (unpaired) electrons. The SMILES string of the molecule is CCc1cc(C(C)(OS(C)(=O)=O)C(F)(F)F)cc(C)c1CC(=O)c1cccc([N+](=O)[O-])c1.CCc1cc(C(O)(C(F)(F)F)C(F)(F)F)cc(C)c1CC(=O)c1cccc([N+](=O)[O-])c1.CS(=O)(=O)Cl. The molecule has 0 aliphatic heterocycles. The van der Waals surface area contributed by atoms with Gasteiger partial charge in [-0.2, -0.15) is 47.9 Å². The smallest absolute Gasteiger partial charge is 0.369 e. The molecule has 26 heteroatoms. The predicted octanol–water partition coefficient (Wildman–Crippen LogP) is 10.0. The van der Waals surface area contributed by atoms with Gasteiger partial charge in [0, 0.05) is 64.5 Å². The summed E-state index contributed by atoms with van der Waals surface area (Å²) in [5, 5.41) is 31.5. The van der Waals surface area contributed by atoms with Crippen LogP contribution in [-0.4, -0.2) is 74.4 Å². The zero-order chi connectivity index (χ0) is 52.8. The molecule has 14 nitrogen and oxygen atoms in total. The number of halogens is 10. The molecule has 1 atom stereocenters. The van der Waals surface area contributed by atoms with E-state index in [9.17, 15) is 91.3 Å². The summed E-state index contributed by atoms with van der Waals surface area (Å²) in [6.07, 6.45) is -16.0. The summed E-state index contributed by atoms with van der Waals surface area (Å²) in [5.74, 6) is -1.04. The van der Waals surface area contributed by atoms with Crippen molar-refractivity contribution in [2.75, 3.05) is 12.5 Å². The van der Waals surface area contributed by atoms with Crippen LogP contribution in [0.1, 0.15) is 86.0 Å². The number of nitro groups is 2. The second-order valence-electron chi connectivity index (χ2n) is 15.1. The highest BCUT2D eigenvalue weighted by Gasteiger charge is 2.71. The summed E-state index contributed by atoms with van der Waals surface area (Å²) < 4.78 is 167. The Bertz CT molecular complexity index is 2760. The minimum absolute atomic E-state index is 0.0145. The topological polar surface area (TPSA) is 218 Å². The number of alkyl halides is 9. The lowest BCUT2D eigenvalue weighted by Gasteiger charge is -2.33. The van der Waals surface area contributed by atoms with E-state index >= 15 is 0 Å². The highest BCUT2D eigenvalue weighted by atomic mass is 35.7. The lowest BCUT2D eigenvalue weighted by Crippen LogP contribution is -2.54. The maximum Gasteiger partial charge on any atom is 0.430 e. The first-order chi connectivity index (χ1) is 30.7. The lowest BCUT2D eigenvalue weighted by atomic mass is 9.85. The molecule has 0 heterocycles. The fraction of sp³-hybridized carbons (Fsp3) is 0.381.